The molecule has 0 aromatic heterocycles. The summed E-state index contributed by atoms with van der Waals surface area (Å²) in [5.41, 5.74) is 0.335. The Labute approximate surface area is 145 Å². The van der Waals surface area contributed by atoms with Crippen molar-refractivity contribution in [2.45, 2.75) is 6.92 Å². The molecule has 0 atom stereocenters. The van der Waals surface area contributed by atoms with Crippen LogP contribution in [0.2, 0.25) is 5.02 Å². The van der Waals surface area contributed by atoms with Gasteiger partial charge in [-0.1, -0.05) is 36.4 Å². The van der Waals surface area contributed by atoms with Crippen molar-refractivity contribution < 1.29 is 14.3 Å². The number of carbonyl (C=O) groups is 1. The minimum Gasteiger partial charge on any atom is -0.457 e. The zero-order chi connectivity index (χ0) is 17.1. The van der Waals surface area contributed by atoms with Crippen LogP contribution in [-0.4, -0.2) is 5.97 Å². The van der Waals surface area contributed by atoms with E-state index in [1.807, 2.05) is 30.3 Å². The lowest BCUT2D eigenvalue weighted by atomic mass is 10.1. The van der Waals surface area contributed by atoms with Crippen molar-refractivity contribution in [1.29, 1.82) is 0 Å². The molecule has 0 fully saturated rings. The van der Waals surface area contributed by atoms with Crippen molar-refractivity contribution in [3.63, 3.8) is 0 Å². The average Bonchev–Trinajstić information content (AvgIpc) is 2.57. The summed E-state index contributed by atoms with van der Waals surface area (Å²) in [6.07, 6.45) is 0. The molecule has 3 rings (SSSR count). The summed E-state index contributed by atoms with van der Waals surface area (Å²) in [5.74, 6) is 1.32. The molecule has 120 valence electrons. The first-order valence-corrected chi connectivity index (χ1v) is 7.75. The Hall–Kier alpha value is -2.78. The third-order valence-corrected chi connectivity index (χ3v) is 3.66. The number of esters is 1. The van der Waals surface area contributed by atoms with Crippen LogP contribution < -0.4 is 9.47 Å². The van der Waals surface area contributed by atoms with E-state index in [1.165, 1.54) is 0 Å². The second kappa shape index (κ2) is 6.77. The molecular formula is C20H15ClO3. The Kier molecular flexibility index (Phi) is 4.54. The van der Waals surface area contributed by atoms with Crippen LogP contribution in [-0.2, 0) is 4.79 Å². The Morgan fingerprint density at radius 1 is 0.958 bits per heavy atom. The van der Waals surface area contributed by atoms with Crippen molar-refractivity contribution in [3.8, 4) is 17.2 Å². The van der Waals surface area contributed by atoms with Gasteiger partial charge in [0.05, 0.1) is 0 Å². The van der Waals surface area contributed by atoms with Crippen LogP contribution in [0.3, 0.4) is 0 Å². The fourth-order valence-electron chi connectivity index (χ4n) is 2.25. The summed E-state index contributed by atoms with van der Waals surface area (Å²) >= 11 is 6.12. The Morgan fingerprint density at radius 3 is 2.38 bits per heavy atom. The van der Waals surface area contributed by atoms with Crippen LogP contribution in [0.1, 0.15) is 6.92 Å². The SMILES string of the molecule is C=C(C)C(=O)Oc1ccc(Oc2ccccc2)c2cc(Cl)ccc12. The van der Waals surface area contributed by atoms with Crippen LogP contribution in [0.25, 0.3) is 10.8 Å². The second-order valence-corrected chi connectivity index (χ2v) is 5.77. The minimum atomic E-state index is -0.469. The molecule has 0 N–H and O–H groups in total. The number of rotatable bonds is 4. The maximum Gasteiger partial charge on any atom is 0.338 e. The van der Waals surface area contributed by atoms with Gasteiger partial charge in [-0.15, -0.1) is 0 Å². The standard InChI is InChI=1S/C20H15ClO3/c1-13(2)20(22)24-18-10-11-19(23-15-6-4-3-5-7-15)17-12-14(21)8-9-16(17)18/h3-12H,1H2,2H3. The topological polar surface area (TPSA) is 35.5 Å². The summed E-state index contributed by atoms with van der Waals surface area (Å²) in [4.78, 5) is 11.8. The summed E-state index contributed by atoms with van der Waals surface area (Å²) in [6, 6.07) is 18.2. The van der Waals surface area contributed by atoms with Gasteiger partial charge in [0, 0.05) is 21.4 Å². The Balaban J connectivity index is 2.07. The molecule has 0 radical (unpaired) electrons. The number of benzene rings is 3. The quantitative estimate of drug-likeness (QED) is 0.344. The number of halogens is 1. The van der Waals surface area contributed by atoms with E-state index in [1.54, 1.807) is 37.3 Å². The Bertz CT molecular complexity index is 917. The molecule has 0 spiro atoms. The largest absolute Gasteiger partial charge is 0.457 e. The smallest absolute Gasteiger partial charge is 0.338 e. The number of ether oxygens (including phenoxy) is 2. The molecule has 0 aliphatic heterocycles. The van der Waals surface area contributed by atoms with Crippen LogP contribution in [0, 0.1) is 0 Å². The summed E-state index contributed by atoms with van der Waals surface area (Å²) in [7, 11) is 0. The zero-order valence-electron chi connectivity index (χ0n) is 13.1. The fourth-order valence-corrected chi connectivity index (χ4v) is 2.42. The van der Waals surface area contributed by atoms with Crippen LogP contribution in [0.15, 0.2) is 72.8 Å². The van der Waals surface area contributed by atoms with Gasteiger partial charge in [0.2, 0.25) is 0 Å². The number of carbonyl (C=O) groups excluding carboxylic acids is 1. The summed E-state index contributed by atoms with van der Waals surface area (Å²) in [5, 5.41) is 2.07. The lowest BCUT2D eigenvalue weighted by Gasteiger charge is -2.13. The van der Waals surface area contributed by atoms with Gasteiger partial charge in [-0.25, -0.2) is 4.79 Å². The third kappa shape index (κ3) is 3.42. The number of fused-ring (bicyclic) bond motifs is 1. The first-order valence-electron chi connectivity index (χ1n) is 7.37. The first kappa shape index (κ1) is 16.1. The van der Waals surface area contributed by atoms with Gasteiger partial charge in [0.1, 0.15) is 17.2 Å². The predicted molar refractivity (Wildman–Crippen MR) is 95.9 cm³/mol. The summed E-state index contributed by atoms with van der Waals surface area (Å²) in [6.45, 7) is 5.20. The van der Waals surface area contributed by atoms with Crippen molar-refractivity contribution in [3.05, 3.63) is 77.8 Å². The second-order valence-electron chi connectivity index (χ2n) is 5.34. The monoisotopic (exact) mass is 338 g/mol. The fraction of sp³-hybridized carbons (Fsp3) is 0.0500. The number of hydrogen-bond donors (Lipinski definition) is 0. The van der Waals surface area contributed by atoms with Gasteiger partial charge in [-0.3, -0.25) is 0 Å². The average molecular weight is 339 g/mol. The lowest BCUT2D eigenvalue weighted by molar-refractivity contribution is -0.129. The van der Waals surface area contributed by atoms with Gasteiger partial charge < -0.3 is 9.47 Å². The molecule has 0 bridgehead atoms. The van der Waals surface area contributed by atoms with Crippen LogP contribution in [0.5, 0.6) is 17.2 Å². The third-order valence-electron chi connectivity index (χ3n) is 3.42. The summed E-state index contributed by atoms with van der Waals surface area (Å²) < 4.78 is 11.3. The molecule has 3 nitrogen and oxygen atoms in total. The number of hydrogen-bond acceptors (Lipinski definition) is 3. The molecule has 3 aromatic carbocycles. The molecule has 0 unspecified atom stereocenters. The molecule has 3 aromatic rings. The van der Waals surface area contributed by atoms with E-state index in [-0.39, 0.29) is 0 Å². The van der Waals surface area contributed by atoms with Crippen molar-refractivity contribution in [2.24, 2.45) is 0 Å². The van der Waals surface area contributed by atoms with Crippen LogP contribution >= 0.6 is 11.6 Å². The van der Waals surface area contributed by atoms with Gasteiger partial charge in [0.25, 0.3) is 0 Å². The van der Waals surface area contributed by atoms with E-state index in [9.17, 15) is 4.79 Å². The van der Waals surface area contributed by atoms with Crippen molar-refractivity contribution >= 4 is 28.3 Å². The minimum absolute atomic E-state index is 0.335. The molecule has 0 aliphatic rings. The molecule has 0 heterocycles. The van der Waals surface area contributed by atoms with E-state index in [0.717, 1.165) is 10.8 Å². The van der Waals surface area contributed by atoms with Crippen molar-refractivity contribution in [2.75, 3.05) is 0 Å². The lowest BCUT2D eigenvalue weighted by Crippen LogP contribution is -2.08. The highest BCUT2D eigenvalue weighted by Gasteiger charge is 2.13. The van der Waals surface area contributed by atoms with Gasteiger partial charge >= 0.3 is 5.97 Å². The zero-order valence-corrected chi connectivity index (χ0v) is 13.8. The van der Waals surface area contributed by atoms with E-state index >= 15 is 0 Å². The molecular weight excluding hydrogens is 324 g/mol. The maximum absolute atomic E-state index is 11.8. The molecule has 0 amide bonds. The van der Waals surface area contributed by atoms with E-state index in [4.69, 9.17) is 21.1 Å². The molecule has 4 heteroatoms. The van der Waals surface area contributed by atoms with E-state index < -0.39 is 5.97 Å². The van der Waals surface area contributed by atoms with Crippen molar-refractivity contribution in [1.82, 2.24) is 0 Å². The highest BCUT2D eigenvalue weighted by atomic mass is 35.5. The first-order chi connectivity index (χ1) is 11.5. The highest BCUT2D eigenvalue weighted by Crippen LogP contribution is 2.37. The predicted octanol–water partition coefficient (Wildman–Crippen LogP) is 5.77. The molecule has 0 aliphatic carbocycles. The van der Waals surface area contributed by atoms with E-state index in [2.05, 4.69) is 6.58 Å². The Morgan fingerprint density at radius 2 is 1.67 bits per heavy atom. The highest BCUT2D eigenvalue weighted by molar-refractivity contribution is 6.31. The van der Waals surface area contributed by atoms with E-state index in [0.29, 0.717) is 27.8 Å². The molecule has 24 heavy (non-hydrogen) atoms. The van der Waals surface area contributed by atoms with Crippen LogP contribution in [0.4, 0.5) is 0 Å². The maximum atomic E-state index is 11.8. The van der Waals surface area contributed by atoms with Gasteiger partial charge in [-0.2, -0.15) is 0 Å². The normalized spacial score (nSPS) is 10.4. The number of para-hydroxylation sites is 1. The van der Waals surface area contributed by atoms with Gasteiger partial charge in [0.15, 0.2) is 0 Å². The molecule has 0 saturated carbocycles. The molecule has 0 saturated heterocycles. The van der Waals surface area contributed by atoms with Gasteiger partial charge in [-0.05, 0) is 49.4 Å².